The molecule has 1 unspecified atom stereocenters. The van der Waals surface area contributed by atoms with Crippen molar-refractivity contribution in [1.29, 1.82) is 0 Å². The Balaban J connectivity index is 1.55. The molecule has 10 heteroatoms. The van der Waals surface area contributed by atoms with Crippen LogP contribution in [0.25, 0.3) is 11.3 Å². The monoisotopic (exact) mass is 412 g/mol. The zero-order valence-electron chi connectivity index (χ0n) is 16.4. The van der Waals surface area contributed by atoms with E-state index in [2.05, 4.69) is 15.0 Å². The topological polar surface area (TPSA) is 110 Å². The second kappa shape index (κ2) is 8.05. The fourth-order valence-corrected chi connectivity index (χ4v) is 3.80. The summed E-state index contributed by atoms with van der Waals surface area (Å²) in [6, 6.07) is 6.00. The Morgan fingerprint density at radius 1 is 1.40 bits per heavy atom. The molecular formula is C20H21FN6O3. The molecule has 1 aromatic carbocycles. The molecule has 1 fully saturated rings. The summed E-state index contributed by atoms with van der Waals surface area (Å²) in [4.78, 5) is 36.7. The van der Waals surface area contributed by atoms with Crippen molar-refractivity contribution >= 4 is 11.7 Å². The van der Waals surface area contributed by atoms with Gasteiger partial charge in [-0.15, -0.1) is 0 Å². The summed E-state index contributed by atoms with van der Waals surface area (Å²) < 4.78 is 15.0. The van der Waals surface area contributed by atoms with E-state index in [4.69, 9.17) is 0 Å². The Kier molecular flexibility index (Phi) is 5.30. The number of halogens is 1. The lowest BCUT2D eigenvalue weighted by molar-refractivity contribution is -0.389. The van der Waals surface area contributed by atoms with Crippen LogP contribution in [-0.4, -0.2) is 41.8 Å². The van der Waals surface area contributed by atoms with Crippen molar-refractivity contribution in [2.24, 2.45) is 0 Å². The number of aromatic nitrogens is 4. The number of nitrogens with zero attached hydrogens (tertiary/aromatic N) is 5. The second-order valence-electron chi connectivity index (χ2n) is 7.32. The fourth-order valence-electron chi connectivity index (χ4n) is 3.80. The first-order valence-corrected chi connectivity index (χ1v) is 9.71. The number of H-pyrrole nitrogens is 1. The average Bonchev–Trinajstić information content (AvgIpc) is 3.36. The van der Waals surface area contributed by atoms with Gasteiger partial charge < -0.3 is 20.0 Å². The predicted molar refractivity (Wildman–Crippen MR) is 106 cm³/mol. The van der Waals surface area contributed by atoms with E-state index in [0.717, 1.165) is 19.3 Å². The number of imidazole rings is 2. The molecule has 0 aliphatic carbocycles. The van der Waals surface area contributed by atoms with Crippen LogP contribution in [0.1, 0.15) is 37.0 Å². The van der Waals surface area contributed by atoms with Gasteiger partial charge in [0.05, 0.1) is 17.9 Å². The van der Waals surface area contributed by atoms with E-state index in [9.17, 15) is 19.3 Å². The number of carbonyl (C=O) groups excluding carboxylic acids is 1. The molecule has 30 heavy (non-hydrogen) atoms. The molecule has 156 valence electrons. The highest BCUT2D eigenvalue weighted by molar-refractivity contribution is 5.76. The highest BCUT2D eigenvalue weighted by Crippen LogP contribution is 2.31. The van der Waals surface area contributed by atoms with Crippen LogP contribution in [-0.2, 0) is 11.3 Å². The van der Waals surface area contributed by atoms with Gasteiger partial charge in [0.25, 0.3) is 0 Å². The SMILES string of the molecule is Cc1nc([N+](=O)[O-])cn1CC(=O)N1CCCCC1c1ncc(-c2cccc(F)c2)[nH]1. The summed E-state index contributed by atoms with van der Waals surface area (Å²) in [5.41, 5.74) is 1.37. The maximum atomic E-state index is 13.5. The lowest BCUT2D eigenvalue weighted by Crippen LogP contribution is -2.40. The van der Waals surface area contributed by atoms with Gasteiger partial charge in [0.2, 0.25) is 11.7 Å². The number of likely N-dealkylation sites (tertiary alicyclic amines) is 1. The molecule has 4 rings (SSSR count). The minimum Gasteiger partial charge on any atom is -0.358 e. The number of nitrogens with one attached hydrogen (secondary N) is 1. The highest BCUT2D eigenvalue weighted by Gasteiger charge is 2.31. The molecule has 2 aromatic heterocycles. The maximum Gasteiger partial charge on any atom is 0.381 e. The third-order valence-corrected chi connectivity index (χ3v) is 5.33. The Morgan fingerprint density at radius 3 is 2.97 bits per heavy atom. The molecular weight excluding hydrogens is 391 g/mol. The van der Waals surface area contributed by atoms with Crippen molar-refractivity contribution in [2.75, 3.05) is 6.54 Å². The number of hydrogen-bond donors (Lipinski definition) is 1. The minimum atomic E-state index is -0.575. The van der Waals surface area contributed by atoms with Crippen LogP contribution in [0.4, 0.5) is 10.2 Å². The molecule has 0 saturated carbocycles. The smallest absolute Gasteiger partial charge is 0.358 e. The standard InChI is InChI=1S/C20H21FN6O3/c1-13-23-18(27(29)30)11-25(13)12-19(28)26-8-3-2-7-17(26)20-22-10-16(24-20)14-5-4-6-15(21)9-14/h4-6,9-11,17H,2-3,7-8,12H2,1H3,(H,22,24). The van der Waals surface area contributed by atoms with Gasteiger partial charge in [-0.05, 0) is 41.3 Å². The minimum absolute atomic E-state index is 0.0271. The van der Waals surface area contributed by atoms with Crippen molar-refractivity contribution in [1.82, 2.24) is 24.4 Å². The fraction of sp³-hybridized carbons (Fsp3) is 0.350. The molecule has 1 N–H and O–H groups in total. The van der Waals surface area contributed by atoms with E-state index in [-0.39, 0.29) is 30.1 Å². The maximum absolute atomic E-state index is 13.5. The van der Waals surface area contributed by atoms with Crippen molar-refractivity contribution in [2.45, 2.75) is 38.8 Å². The van der Waals surface area contributed by atoms with Gasteiger partial charge >= 0.3 is 5.82 Å². The van der Waals surface area contributed by atoms with E-state index in [0.29, 0.717) is 29.5 Å². The summed E-state index contributed by atoms with van der Waals surface area (Å²) in [5, 5.41) is 10.9. The molecule has 3 heterocycles. The quantitative estimate of drug-likeness (QED) is 0.510. The van der Waals surface area contributed by atoms with E-state index in [1.807, 2.05) is 0 Å². The average molecular weight is 412 g/mol. The van der Waals surface area contributed by atoms with E-state index < -0.39 is 4.92 Å². The van der Waals surface area contributed by atoms with Gasteiger partial charge in [0.15, 0.2) is 0 Å². The van der Waals surface area contributed by atoms with Gasteiger partial charge in [-0.3, -0.25) is 9.36 Å². The number of piperidine rings is 1. The van der Waals surface area contributed by atoms with Gasteiger partial charge in [-0.25, -0.2) is 9.37 Å². The lowest BCUT2D eigenvalue weighted by Gasteiger charge is -2.34. The van der Waals surface area contributed by atoms with Crippen molar-refractivity contribution < 1.29 is 14.1 Å². The lowest BCUT2D eigenvalue weighted by atomic mass is 10.0. The van der Waals surface area contributed by atoms with Gasteiger partial charge in [0, 0.05) is 19.0 Å². The number of hydrogen-bond acceptors (Lipinski definition) is 5. The third-order valence-electron chi connectivity index (χ3n) is 5.33. The number of rotatable bonds is 5. The van der Waals surface area contributed by atoms with Gasteiger partial charge in [-0.2, -0.15) is 0 Å². The number of amides is 1. The normalized spacial score (nSPS) is 16.6. The number of aromatic amines is 1. The van der Waals surface area contributed by atoms with E-state index >= 15 is 0 Å². The molecule has 1 aliphatic heterocycles. The Bertz CT molecular complexity index is 1090. The third kappa shape index (κ3) is 3.93. The van der Waals surface area contributed by atoms with Crippen molar-refractivity contribution in [3.05, 3.63) is 64.2 Å². The van der Waals surface area contributed by atoms with E-state index in [1.54, 1.807) is 30.2 Å². The van der Waals surface area contributed by atoms with Crippen molar-refractivity contribution in [3.8, 4) is 11.3 Å². The Morgan fingerprint density at radius 2 is 2.23 bits per heavy atom. The first-order chi connectivity index (χ1) is 14.4. The molecule has 1 atom stereocenters. The number of aryl methyl sites for hydroxylation is 1. The molecule has 0 bridgehead atoms. The van der Waals surface area contributed by atoms with Crippen LogP contribution in [0.15, 0.2) is 36.7 Å². The van der Waals surface area contributed by atoms with Crippen LogP contribution in [0.2, 0.25) is 0 Å². The second-order valence-corrected chi connectivity index (χ2v) is 7.32. The molecule has 0 spiro atoms. The van der Waals surface area contributed by atoms with Crippen LogP contribution in [0, 0.1) is 22.9 Å². The largest absolute Gasteiger partial charge is 0.381 e. The highest BCUT2D eigenvalue weighted by atomic mass is 19.1. The zero-order valence-corrected chi connectivity index (χ0v) is 16.4. The molecule has 0 radical (unpaired) electrons. The molecule has 1 saturated heterocycles. The molecule has 1 aliphatic rings. The van der Waals surface area contributed by atoms with E-state index in [1.165, 1.54) is 22.9 Å². The predicted octanol–water partition coefficient (Wildman–Crippen LogP) is 3.38. The zero-order chi connectivity index (χ0) is 21.3. The van der Waals surface area contributed by atoms with Crippen LogP contribution in [0.3, 0.4) is 0 Å². The first-order valence-electron chi connectivity index (χ1n) is 9.71. The summed E-state index contributed by atoms with van der Waals surface area (Å²) in [6.45, 7) is 2.18. The van der Waals surface area contributed by atoms with Gasteiger partial charge in [-0.1, -0.05) is 12.1 Å². The Labute approximate surface area is 171 Å². The van der Waals surface area contributed by atoms with Crippen LogP contribution < -0.4 is 0 Å². The summed E-state index contributed by atoms with van der Waals surface area (Å²) in [7, 11) is 0. The summed E-state index contributed by atoms with van der Waals surface area (Å²) >= 11 is 0. The molecule has 9 nitrogen and oxygen atoms in total. The molecule has 3 aromatic rings. The number of benzene rings is 1. The first kappa shape index (κ1) is 19.7. The Hall–Kier alpha value is -3.56. The van der Waals surface area contributed by atoms with Crippen LogP contribution in [0.5, 0.6) is 0 Å². The number of nitro groups is 1. The summed E-state index contributed by atoms with van der Waals surface area (Å²) in [5.74, 6) is 0.300. The van der Waals surface area contributed by atoms with Gasteiger partial charge in [0.1, 0.15) is 24.4 Å². The number of carbonyl (C=O) groups is 1. The molecule has 1 amide bonds. The van der Waals surface area contributed by atoms with Crippen molar-refractivity contribution in [3.63, 3.8) is 0 Å². The van der Waals surface area contributed by atoms with Crippen LogP contribution >= 0.6 is 0 Å². The summed E-state index contributed by atoms with van der Waals surface area (Å²) in [6.07, 6.45) is 5.51.